The van der Waals surface area contributed by atoms with Crippen LogP contribution in [0.1, 0.15) is 21.7 Å². The van der Waals surface area contributed by atoms with Crippen molar-refractivity contribution in [3.8, 4) is 11.4 Å². The molecule has 1 aromatic heterocycles. The fourth-order valence-corrected chi connectivity index (χ4v) is 2.81. The number of para-hydroxylation sites is 1. The zero-order valence-electron chi connectivity index (χ0n) is 16.3. The van der Waals surface area contributed by atoms with Crippen molar-refractivity contribution >= 4 is 17.6 Å². The molecule has 9 heteroatoms. The largest absolute Gasteiger partial charge is 0.452 e. The molecule has 3 aromatic rings. The maximum atomic E-state index is 12.2. The van der Waals surface area contributed by atoms with Crippen LogP contribution in [-0.2, 0) is 9.53 Å². The van der Waals surface area contributed by atoms with Crippen LogP contribution < -0.4 is 10.1 Å². The van der Waals surface area contributed by atoms with Crippen molar-refractivity contribution in [3.05, 3.63) is 71.5 Å². The average molecular weight is 415 g/mol. The van der Waals surface area contributed by atoms with Crippen molar-refractivity contribution in [2.45, 2.75) is 20.5 Å². The van der Waals surface area contributed by atoms with E-state index in [4.69, 9.17) is 4.74 Å². The Morgan fingerprint density at radius 1 is 1.07 bits per heavy atom. The SMILES string of the molecule is Cc1nn(-c2ccccc2)c(C)c1NC(=O)COC(=O)c1ccc(OC(F)F)cc1. The molecule has 3 rings (SSSR count). The second kappa shape index (κ2) is 9.17. The molecule has 0 fully saturated rings. The molecule has 1 heterocycles. The minimum absolute atomic E-state index is 0.0827. The van der Waals surface area contributed by atoms with Gasteiger partial charge in [0.1, 0.15) is 5.75 Å². The molecule has 7 nitrogen and oxygen atoms in total. The van der Waals surface area contributed by atoms with Gasteiger partial charge in [-0.05, 0) is 50.2 Å². The molecule has 0 atom stereocenters. The number of carbonyl (C=O) groups excluding carboxylic acids is 2. The van der Waals surface area contributed by atoms with Crippen LogP contribution in [0.25, 0.3) is 5.69 Å². The number of alkyl halides is 2. The minimum atomic E-state index is -2.95. The van der Waals surface area contributed by atoms with Crippen molar-refractivity contribution in [1.82, 2.24) is 9.78 Å². The maximum absolute atomic E-state index is 12.2. The molecule has 1 amide bonds. The number of rotatable bonds is 7. The average Bonchev–Trinajstić information content (AvgIpc) is 3.01. The van der Waals surface area contributed by atoms with E-state index >= 15 is 0 Å². The molecule has 1 N–H and O–H groups in total. The smallest absolute Gasteiger partial charge is 0.387 e. The topological polar surface area (TPSA) is 82.5 Å². The first-order chi connectivity index (χ1) is 14.3. The van der Waals surface area contributed by atoms with E-state index in [9.17, 15) is 18.4 Å². The summed E-state index contributed by atoms with van der Waals surface area (Å²) in [5, 5.41) is 7.14. The van der Waals surface area contributed by atoms with E-state index in [1.807, 2.05) is 37.3 Å². The summed E-state index contributed by atoms with van der Waals surface area (Å²) >= 11 is 0. The van der Waals surface area contributed by atoms with Crippen LogP contribution >= 0.6 is 0 Å². The molecule has 0 aliphatic heterocycles. The predicted molar refractivity (Wildman–Crippen MR) is 105 cm³/mol. The van der Waals surface area contributed by atoms with E-state index in [0.29, 0.717) is 11.4 Å². The van der Waals surface area contributed by atoms with E-state index in [1.165, 1.54) is 24.3 Å². The van der Waals surface area contributed by atoms with Gasteiger partial charge in [-0.2, -0.15) is 13.9 Å². The zero-order chi connectivity index (χ0) is 21.7. The molecule has 0 unspecified atom stereocenters. The fraction of sp³-hybridized carbons (Fsp3) is 0.190. The van der Waals surface area contributed by atoms with Crippen LogP contribution in [0.5, 0.6) is 5.75 Å². The third-order valence-electron chi connectivity index (χ3n) is 4.21. The highest BCUT2D eigenvalue weighted by Gasteiger charge is 2.17. The lowest BCUT2D eigenvalue weighted by Crippen LogP contribution is -2.21. The van der Waals surface area contributed by atoms with Crippen LogP contribution in [0, 0.1) is 13.8 Å². The summed E-state index contributed by atoms with van der Waals surface area (Å²) in [6.45, 7) is 0.114. The van der Waals surface area contributed by atoms with Gasteiger partial charge in [0.15, 0.2) is 6.61 Å². The van der Waals surface area contributed by atoms with Gasteiger partial charge in [0.2, 0.25) is 0 Å². The number of ether oxygens (including phenoxy) is 2. The number of halogens is 2. The fourth-order valence-electron chi connectivity index (χ4n) is 2.81. The van der Waals surface area contributed by atoms with Gasteiger partial charge in [0.25, 0.3) is 5.91 Å². The summed E-state index contributed by atoms with van der Waals surface area (Å²) in [6, 6.07) is 14.4. The summed E-state index contributed by atoms with van der Waals surface area (Å²) in [5.74, 6) is -1.37. The van der Waals surface area contributed by atoms with Crippen LogP contribution in [-0.4, -0.2) is 34.9 Å². The molecule has 0 saturated carbocycles. The molecule has 0 bridgehead atoms. The third kappa shape index (κ3) is 4.99. The quantitative estimate of drug-likeness (QED) is 0.592. The molecule has 30 heavy (non-hydrogen) atoms. The molecule has 0 spiro atoms. The van der Waals surface area contributed by atoms with E-state index < -0.39 is 25.1 Å². The zero-order valence-corrected chi connectivity index (χ0v) is 16.3. The predicted octanol–water partition coefficient (Wildman–Crippen LogP) is 3.89. The summed E-state index contributed by atoms with van der Waals surface area (Å²) in [4.78, 5) is 24.3. The highest BCUT2D eigenvalue weighted by molar-refractivity contribution is 5.96. The Labute approximate surface area is 171 Å². The number of aromatic nitrogens is 2. The maximum Gasteiger partial charge on any atom is 0.387 e. The van der Waals surface area contributed by atoms with E-state index in [0.717, 1.165) is 11.4 Å². The summed E-state index contributed by atoms with van der Waals surface area (Å²) in [5.41, 5.74) is 2.84. The first kappa shape index (κ1) is 21.0. The number of amides is 1. The Morgan fingerprint density at radius 3 is 2.37 bits per heavy atom. The first-order valence-corrected chi connectivity index (χ1v) is 8.98. The Hall–Kier alpha value is -3.75. The van der Waals surface area contributed by atoms with Gasteiger partial charge in [-0.25, -0.2) is 9.48 Å². The van der Waals surface area contributed by atoms with Gasteiger partial charge < -0.3 is 14.8 Å². The molecule has 0 saturated heterocycles. The number of aryl methyl sites for hydroxylation is 1. The van der Waals surface area contributed by atoms with E-state index in [1.54, 1.807) is 11.6 Å². The monoisotopic (exact) mass is 415 g/mol. The number of esters is 1. The Balaban J connectivity index is 1.60. The second-order valence-electron chi connectivity index (χ2n) is 6.32. The van der Waals surface area contributed by atoms with Crippen molar-refractivity contribution in [2.75, 3.05) is 11.9 Å². The third-order valence-corrected chi connectivity index (χ3v) is 4.21. The van der Waals surface area contributed by atoms with Gasteiger partial charge in [-0.15, -0.1) is 0 Å². The second-order valence-corrected chi connectivity index (χ2v) is 6.32. The molecular formula is C21H19F2N3O4. The summed E-state index contributed by atoms with van der Waals surface area (Å²) < 4.78 is 35.2. The van der Waals surface area contributed by atoms with Crippen LogP contribution in [0.15, 0.2) is 54.6 Å². The van der Waals surface area contributed by atoms with Gasteiger partial charge in [-0.3, -0.25) is 4.79 Å². The van der Waals surface area contributed by atoms with Crippen LogP contribution in [0.2, 0.25) is 0 Å². The number of anilines is 1. The lowest BCUT2D eigenvalue weighted by molar-refractivity contribution is -0.119. The standard InChI is InChI=1S/C21H19F2N3O4/c1-13-19(14(2)26(25-13)16-6-4-3-5-7-16)24-18(27)12-29-20(28)15-8-10-17(11-9-15)30-21(22)23/h3-11,21H,12H2,1-2H3,(H,24,27). The number of hydrogen-bond donors (Lipinski definition) is 1. The first-order valence-electron chi connectivity index (χ1n) is 8.98. The number of nitrogens with one attached hydrogen (secondary N) is 1. The van der Waals surface area contributed by atoms with Crippen LogP contribution in [0.3, 0.4) is 0 Å². The van der Waals surface area contributed by atoms with E-state index in [2.05, 4.69) is 15.2 Å². The molecule has 2 aromatic carbocycles. The van der Waals surface area contributed by atoms with Gasteiger partial charge in [0.05, 0.1) is 28.3 Å². The highest BCUT2D eigenvalue weighted by Crippen LogP contribution is 2.22. The molecule has 0 aliphatic carbocycles. The van der Waals surface area contributed by atoms with Gasteiger partial charge >= 0.3 is 12.6 Å². The molecule has 156 valence electrons. The number of hydrogen-bond acceptors (Lipinski definition) is 5. The van der Waals surface area contributed by atoms with Crippen LogP contribution in [0.4, 0.5) is 14.5 Å². The van der Waals surface area contributed by atoms with E-state index in [-0.39, 0.29) is 11.3 Å². The number of carbonyl (C=O) groups is 2. The van der Waals surface area contributed by atoms with Gasteiger partial charge in [-0.1, -0.05) is 18.2 Å². The molecule has 0 aliphatic rings. The normalized spacial score (nSPS) is 10.7. The van der Waals surface area contributed by atoms with Crippen molar-refractivity contribution in [1.29, 1.82) is 0 Å². The van der Waals surface area contributed by atoms with Crippen molar-refractivity contribution in [3.63, 3.8) is 0 Å². The molecular weight excluding hydrogens is 396 g/mol. The van der Waals surface area contributed by atoms with Gasteiger partial charge in [0, 0.05) is 0 Å². The Bertz CT molecular complexity index is 1030. The Morgan fingerprint density at radius 2 is 1.73 bits per heavy atom. The summed E-state index contributed by atoms with van der Waals surface area (Å²) in [6.07, 6.45) is 0. The minimum Gasteiger partial charge on any atom is -0.452 e. The summed E-state index contributed by atoms with van der Waals surface area (Å²) in [7, 11) is 0. The number of benzene rings is 2. The molecule has 0 radical (unpaired) electrons. The van der Waals surface area contributed by atoms with Crippen molar-refractivity contribution < 1.29 is 27.8 Å². The lowest BCUT2D eigenvalue weighted by Gasteiger charge is -2.08. The number of nitrogens with zero attached hydrogens (tertiary/aromatic N) is 2. The highest BCUT2D eigenvalue weighted by atomic mass is 19.3. The van der Waals surface area contributed by atoms with Crippen molar-refractivity contribution in [2.24, 2.45) is 0 Å². The Kier molecular flexibility index (Phi) is 6.41. The lowest BCUT2D eigenvalue weighted by atomic mass is 10.2.